The number of amides is 2. The third kappa shape index (κ3) is 3.06. The minimum atomic E-state index is -0.112. The summed E-state index contributed by atoms with van der Waals surface area (Å²) in [5.41, 5.74) is 2.45. The SMILES string of the molecule is CC(=O)Nc1cc(NC(=O)C2CC2)ccc1C. The number of hydrogen-bond donors (Lipinski definition) is 2. The van der Waals surface area contributed by atoms with Crippen molar-refractivity contribution < 1.29 is 9.59 Å². The van der Waals surface area contributed by atoms with E-state index >= 15 is 0 Å². The maximum atomic E-state index is 11.6. The van der Waals surface area contributed by atoms with Crippen molar-refractivity contribution in [1.82, 2.24) is 0 Å². The van der Waals surface area contributed by atoms with Crippen molar-refractivity contribution in [3.63, 3.8) is 0 Å². The molecule has 0 bridgehead atoms. The van der Waals surface area contributed by atoms with Crippen LogP contribution >= 0.6 is 0 Å². The van der Waals surface area contributed by atoms with Gasteiger partial charge in [0.2, 0.25) is 11.8 Å². The van der Waals surface area contributed by atoms with Gasteiger partial charge in [0.1, 0.15) is 0 Å². The summed E-state index contributed by atoms with van der Waals surface area (Å²) in [7, 11) is 0. The molecule has 1 fully saturated rings. The molecule has 2 rings (SSSR count). The zero-order valence-electron chi connectivity index (χ0n) is 10.0. The molecule has 4 heteroatoms. The van der Waals surface area contributed by atoms with Crippen LogP contribution in [-0.2, 0) is 9.59 Å². The second kappa shape index (κ2) is 4.57. The first-order valence-electron chi connectivity index (χ1n) is 5.75. The lowest BCUT2D eigenvalue weighted by molar-refractivity contribution is -0.117. The first-order chi connectivity index (χ1) is 8.06. The van der Waals surface area contributed by atoms with Gasteiger partial charge in [-0.15, -0.1) is 0 Å². The van der Waals surface area contributed by atoms with Gasteiger partial charge in [0.15, 0.2) is 0 Å². The van der Waals surface area contributed by atoms with E-state index in [0.717, 1.165) is 29.8 Å². The van der Waals surface area contributed by atoms with E-state index in [1.807, 2.05) is 19.1 Å². The van der Waals surface area contributed by atoms with Crippen molar-refractivity contribution in [3.8, 4) is 0 Å². The Labute approximate surface area is 100 Å². The molecule has 0 unspecified atom stereocenters. The topological polar surface area (TPSA) is 58.2 Å². The molecule has 1 aromatic carbocycles. The Morgan fingerprint density at radius 1 is 1.24 bits per heavy atom. The number of anilines is 2. The van der Waals surface area contributed by atoms with Crippen LogP contribution in [0.1, 0.15) is 25.3 Å². The molecule has 2 N–H and O–H groups in total. The number of carbonyl (C=O) groups excluding carboxylic acids is 2. The molecular formula is C13H16N2O2. The average Bonchev–Trinajstić information content (AvgIpc) is 3.05. The van der Waals surface area contributed by atoms with E-state index in [2.05, 4.69) is 10.6 Å². The van der Waals surface area contributed by atoms with Gasteiger partial charge in [0, 0.05) is 24.2 Å². The summed E-state index contributed by atoms with van der Waals surface area (Å²) >= 11 is 0. The van der Waals surface area contributed by atoms with Crippen LogP contribution in [0.5, 0.6) is 0 Å². The Balaban J connectivity index is 2.11. The minimum Gasteiger partial charge on any atom is -0.326 e. The van der Waals surface area contributed by atoms with Gasteiger partial charge in [-0.2, -0.15) is 0 Å². The van der Waals surface area contributed by atoms with Gasteiger partial charge in [-0.1, -0.05) is 6.07 Å². The molecule has 0 atom stereocenters. The fourth-order valence-electron chi connectivity index (χ4n) is 1.61. The van der Waals surface area contributed by atoms with E-state index in [1.54, 1.807) is 6.07 Å². The van der Waals surface area contributed by atoms with E-state index < -0.39 is 0 Å². The van der Waals surface area contributed by atoms with Crippen LogP contribution < -0.4 is 10.6 Å². The number of carbonyl (C=O) groups is 2. The van der Waals surface area contributed by atoms with E-state index in [9.17, 15) is 9.59 Å². The van der Waals surface area contributed by atoms with Gasteiger partial charge < -0.3 is 10.6 Å². The third-order valence-electron chi connectivity index (χ3n) is 2.76. The fourth-order valence-corrected chi connectivity index (χ4v) is 1.61. The minimum absolute atomic E-state index is 0.0719. The van der Waals surface area contributed by atoms with Gasteiger partial charge in [0.05, 0.1) is 0 Å². The molecule has 0 aromatic heterocycles. The third-order valence-corrected chi connectivity index (χ3v) is 2.76. The Kier molecular flexibility index (Phi) is 3.13. The summed E-state index contributed by atoms with van der Waals surface area (Å²) in [6.45, 7) is 3.38. The molecule has 1 aromatic rings. The van der Waals surface area contributed by atoms with Crippen molar-refractivity contribution in [2.24, 2.45) is 5.92 Å². The van der Waals surface area contributed by atoms with Crippen LogP contribution in [-0.4, -0.2) is 11.8 Å². The maximum Gasteiger partial charge on any atom is 0.227 e. The molecule has 1 saturated carbocycles. The zero-order chi connectivity index (χ0) is 12.4. The molecule has 1 aliphatic carbocycles. The summed E-state index contributed by atoms with van der Waals surface area (Å²) in [5.74, 6) is 0.141. The van der Waals surface area contributed by atoms with Crippen molar-refractivity contribution in [2.45, 2.75) is 26.7 Å². The Bertz CT molecular complexity index is 464. The quantitative estimate of drug-likeness (QED) is 0.840. The Hall–Kier alpha value is -1.84. The molecule has 17 heavy (non-hydrogen) atoms. The highest BCUT2D eigenvalue weighted by Crippen LogP contribution is 2.30. The van der Waals surface area contributed by atoms with Crippen LogP contribution in [0.25, 0.3) is 0 Å². The Morgan fingerprint density at radius 2 is 1.94 bits per heavy atom. The highest BCUT2D eigenvalue weighted by Gasteiger charge is 2.29. The van der Waals surface area contributed by atoms with Crippen molar-refractivity contribution in [3.05, 3.63) is 23.8 Å². The number of nitrogens with one attached hydrogen (secondary N) is 2. The second-order valence-electron chi connectivity index (χ2n) is 4.47. The summed E-state index contributed by atoms with van der Waals surface area (Å²) in [4.78, 5) is 22.6. The summed E-state index contributed by atoms with van der Waals surface area (Å²) in [5, 5.41) is 5.60. The smallest absolute Gasteiger partial charge is 0.227 e. The molecule has 0 saturated heterocycles. The molecule has 2 amide bonds. The van der Waals surface area contributed by atoms with Crippen LogP contribution in [0.3, 0.4) is 0 Å². The van der Waals surface area contributed by atoms with E-state index in [0.29, 0.717) is 0 Å². The summed E-state index contributed by atoms with van der Waals surface area (Å²) in [6, 6.07) is 5.52. The van der Waals surface area contributed by atoms with E-state index in [4.69, 9.17) is 0 Å². The van der Waals surface area contributed by atoms with Gasteiger partial charge in [-0.05, 0) is 37.5 Å². The molecule has 4 nitrogen and oxygen atoms in total. The lowest BCUT2D eigenvalue weighted by Gasteiger charge is -2.10. The molecule has 90 valence electrons. The van der Waals surface area contributed by atoms with E-state index in [-0.39, 0.29) is 17.7 Å². The van der Waals surface area contributed by atoms with Gasteiger partial charge in [-0.3, -0.25) is 9.59 Å². The normalized spacial score (nSPS) is 14.2. The second-order valence-corrected chi connectivity index (χ2v) is 4.47. The van der Waals surface area contributed by atoms with Gasteiger partial charge in [-0.25, -0.2) is 0 Å². The van der Waals surface area contributed by atoms with Crippen molar-refractivity contribution in [1.29, 1.82) is 0 Å². The predicted octanol–water partition coefficient (Wildman–Crippen LogP) is 2.30. The predicted molar refractivity (Wildman–Crippen MR) is 66.8 cm³/mol. The lowest BCUT2D eigenvalue weighted by atomic mass is 10.1. The molecule has 0 radical (unpaired) electrons. The standard InChI is InChI=1S/C13H16N2O2/c1-8-3-6-11(7-12(8)14-9(2)16)15-13(17)10-4-5-10/h3,6-7,10H,4-5H2,1-2H3,(H,14,16)(H,15,17). The average molecular weight is 232 g/mol. The van der Waals surface area contributed by atoms with E-state index in [1.165, 1.54) is 6.92 Å². The molecule has 0 aliphatic heterocycles. The van der Waals surface area contributed by atoms with Crippen LogP contribution in [0.15, 0.2) is 18.2 Å². The highest BCUT2D eigenvalue weighted by atomic mass is 16.2. The maximum absolute atomic E-state index is 11.6. The Morgan fingerprint density at radius 3 is 2.53 bits per heavy atom. The highest BCUT2D eigenvalue weighted by molar-refractivity contribution is 5.95. The summed E-state index contributed by atoms with van der Waals surface area (Å²) in [6.07, 6.45) is 1.96. The number of aryl methyl sites for hydroxylation is 1. The zero-order valence-corrected chi connectivity index (χ0v) is 10.0. The first kappa shape index (κ1) is 11.6. The fraction of sp³-hybridized carbons (Fsp3) is 0.385. The van der Waals surface area contributed by atoms with Crippen molar-refractivity contribution >= 4 is 23.2 Å². The first-order valence-corrected chi connectivity index (χ1v) is 5.75. The molecule has 1 aliphatic rings. The number of rotatable bonds is 3. The van der Waals surface area contributed by atoms with Crippen molar-refractivity contribution in [2.75, 3.05) is 10.6 Å². The molecular weight excluding hydrogens is 216 g/mol. The largest absolute Gasteiger partial charge is 0.326 e. The van der Waals surface area contributed by atoms with Crippen LogP contribution in [0.4, 0.5) is 11.4 Å². The number of benzene rings is 1. The van der Waals surface area contributed by atoms with Crippen LogP contribution in [0, 0.1) is 12.8 Å². The summed E-state index contributed by atoms with van der Waals surface area (Å²) < 4.78 is 0. The molecule has 0 spiro atoms. The lowest BCUT2D eigenvalue weighted by Crippen LogP contribution is -2.14. The number of hydrogen-bond acceptors (Lipinski definition) is 2. The monoisotopic (exact) mass is 232 g/mol. The van der Waals surface area contributed by atoms with Gasteiger partial charge in [0.25, 0.3) is 0 Å². The van der Waals surface area contributed by atoms with Crippen LogP contribution in [0.2, 0.25) is 0 Å². The molecule has 0 heterocycles. The van der Waals surface area contributed by atoms with Gasteiger partial charge >= 0.3 is 0 Å².